The number of nitriles is 1. The summed E-state index contributed by atoms with van der Waals surface area (Å²) in [5, 5.41) is 22.6. The van der Waals surface area contributed by atoms with Crippen molar-refractivity contribution in [2.45, 2.75) is 20.4 Å². The number of carboxylic acid groups (broad SMARTS) is 1. The summed E-state index contributed by atoms with van der Waals surface area (Å²) < 4.78 is 8.33. The summed E-state index contributed by atoms with van der Waals surface area (Å²) in [6.07, 6.45) is 1.44. The molecule has 9 nitrogen and oxygen atoms in total. The Bertz CT molecular complexity index is 2290. The Kier molecular flexibility index (Phi) is 8.20. The maximum absolute atomic E-state index is 13.8. The summed E-state index contributed by atoms with van der Waals surface area (Å²) >= 11 is 20.2. The molecule has 4 heterocycles. The van der Waals surface area contributed by atoms with Gasteiger partial charge in [-0.15, -0.1) is 11.3 Å². The van der Waals surface area contributed by atoms with Gasteiger partial charge in [-0.2, -0.15) is 5.26 Å². The third kappa shape index (κ3) is 5.60. The number of halogens is 3. The summed E-state index contributed by atoms with van der Waals surface area (Å²) in [5.74, 6) is -0.162. The van der Waals surface area contributed by atoms with Gasteiger partial charge in [-0.3, -0.25) is 19.3 Å². The highest BCUT2D eigenvalue weighted by atomic mass is 35.5. The number of carboxylic acids is 1. The van der Waals surface area contributed by atoms with Crippen molar-refractivity contribution in [2.24, 2.45) is 0 Å². The monoisotopic (exact) mass is 675 g/mol. The Morgan fingerprint density at radius 2 is 1.78 bits per heavy atom. The van der Waals surface area contributed by atoms with Crippen LogP contribution in [0, 0.1) is 25.2 Å². The molecule has 0 spiro atoms. The lowest BCUT2D eigenvalue weighted by Gasteiger charge is -2.16. The number of hydrogen-bond donors (Lipinski definition) is 1. The van der Waals surface area contributed by atoms with Crippen LogP contribution in [0.15, 0.2) is 58.8 Å². The summed E-state index contributed by atoms with van der Waals surface area (Å²) in [5.41, 5.74) is 3.07. The first-order valence-corrected chi connectivity index (χ1v) is 15.4. The minimum atomic E-state index is -1.06. The normalized spacial score (nSPS) is 11.2. The Morgan fingerprint density at radius 3 is 2.51 bits per heavy atom. The molecule has 0 aliphatic heterocycles. The van der Waals surface area contributed by atoms with Crippen molar-refractivity contribution in [1.29, 1.82) is 5.26 Å². The van der Waals surface area contributed by atoms with Gasteiger partial charge in [0.2, 0.25) is 0 Å². The number of rotatable bonds is 7. The summed E-state index contributed by atoms with van der Waals surface area (Å²) in [6, 6.07) is 13.9. The molecule has 6 aromatic rings. The van der Waals surface area contributed by atoms with E-state index in [-0.39, 0.29) is 40.9 Å². The second kappa shape index (κ2) is 12.1. The number of ether oxygens (including phenoxy) is 1. The van der Waals surface area contributed by atoms with Gasteiger partial charge < -0.3 is 9.84 Å². The second-order valence-electron chi connectivity index (χ2n) is 10.0. The van der Waals surface area contributed by atoms with E-state index in [1.807, 2.05) is 6.07 Å². The lowest BCUT2D eigenvalue weighted by molar-refractivity contribution is 0.0699. The fraction of sp³-hybridized carbons (Fsp3) is 0.125. The zero-order valence-corrected chi connectivity index (χ0v) is 26.6. The highest BCUT2D eigenvalue weighted by molar-refractivity contribution is 7.18. The van der Waals surface area contributed by atoms with Gasteiger partial charge in [0.05, 0.1) is 55.7 Å². The van der Waals surface area contributed by atoms with E-state index in [9.17, 15) is 20.0 Å². The van der Waals surface area contributed by atoms with Gasteiger partial charge in [0.1, 0.15) is 24.3 Å². The first-order valence-electron chi connectivity index (χ1n) is 13.4. The summed E-state index contributed by atoms with van der Waals surface area (Å²) in [7, 11) is 0. The van der Waals surface area contributed by atoms with E-state index >= 15 is 0 Å². The molecule has 0 amide bonds. The number of nitrogens with zero attached hydrogens (tertiary/aromatic N) is 5. The zero-order chi connectivity index (χ0) is 32.0. The van der Waals surface area contributed by atoms with Gasteiger partial charge in [-0.1, -0.05) is 34.8 Å². The number of pyridine rings is 2. The van der Waals surface area contributed by atoms with Crippen molar-refractivity contribution >= 4 is 73.2 Å². The van der Waals surface area contributed by atoms with Gasteiger partial charge in [0.25, 0.3) is 5.56 Å². The van der Waals surface area contributed by atoms with E-state index in [0.717, 1.165) is 5.56 Å². The number of thiophene rings is 1. The van der Waals surface area contributed by atoms with Gasteiger partial charge >= 0.3 is 5.97 Å². The number of fused-ring (bicyclic) bond motifs is 2. The maximum Gasteiger partial charge on any atom is 0.338 e. The van der Waals surface area contributed by atoms with Crippen LogP contribution in [0.5, 0.6) is 5.75 Å². The Balaban J connectivity index is 1.37. The maximum atomic E-state index is 13.8. The molecule has 6 rings (SSSR count). The van der Waals surface area contributed by atoms with Crippen LogP contribution in [-0.2, 0) is 6.54 Å². The Hall–Kier alpha value is -4.53. The Morgan fingerprint density at radius 1 is 1.04 bits per heavy atom. The fourth-order valence-corrected chi connectivity index (χ4v) is 6.71. The zero-order valence-electron chi connectivity index (χ0n) is 23.6. The van der Waals surface area contributed by atoms with Gasteiger partial charge in [-0.05, 0) is 56.3 Å². The lowest BCUT2D eigenvalue weighted by Crippen LogP contribution is -2.27. The Labute approximate surface area is 274 Å². The van der Waals surface area contributed by atoms with Gasteiger partial charge in [0, 0.05) is 37.8 Å². The number of aryl methyl sites for hydroxylation is 2. The standard InChI is InChI=1S/C32H20Cl3N5O4S/c1-15-9-20(30-29(38-15)23(14-45-30)32(42)43)19-10-18(34)4-6-26(19)44-8-7-40-16(2)39-25-13-37-28(22(12-36)27(25)31(40)41)21-11-17(33)3-5-24(21)35/h3-6,9-11,13-14H,7-8H2,1-2H3,(H,42,43). The van der Waals surface area contributed by atoms with E-state index in [1.165, 1.54) is 22.1 Å². The average Bonchev–Trinajstić information content (AvgIpc) is 3.44. The number of benzene rings is 2. The highest BCUT2D eigenvalue weighted by Crippen LogP contribution is 2.40. The van der Waals surface area contributed by atoms with Gasteiger partial charge in [-0.25, -0.2) is 9.78 Å². The molecule has 0 bridgehead atoms. The van der Waals surface area contributed by atoms with E-state index < -0.39 is 11.5 Å². The molecule has 0 saturated heterocycles. The summed E-state index contributed by atoms with van der Waals surface area (Å²) in [4.78, 5) is 39.0. The van der Waals surface area contributed by atoms with E-state index in [0.29, 0.717) is 53.7 Å². The molecule has 0 aliphatic rings. The van der Waals surface area contributed by atoms with E-state index in [2.05, 4.69) is 21.0 Å². The first kappa shape index (κ1) is 30.5. The lowest BCUT2D eigenvalue weighted by atomic mass is 10.0. The van der Waals surface area contributed by atoms with Crippen LogP contribution in [0.3, 0.4) is 0 Å². The molecule has 0 saturated carbocycles. The predicted octanol–water partition coefficient (Wildman–Crippen LogP) is 7.96. The van der Waals surface area contributed by atoms with Crippen molar-refractivity contribution in [1.82, 2.24) is 19.5 Å². The molecular weight excluding hydrogens is 657 g/mol. The van der Waals surface area contributed by atoms with Crippen molar-refractivity contribution in [2.75, 3.05) is 6.61 Å². The quantitative estimate of drug-likeness (QED) is 0.180. The fourth-order valence-electron chi connectivity index (χ4n) is 5.15. The van der Waals surface area contributed by atoms with Crippen LogP contribution in [0.2, 0.25) is 15.1 Å². The number of carbonyl (C=O) groups is 1. The molecule has 0 radical (unpaired) electrons. The number of hydrogen-bond acceptors (Lipinski definition) is 8. The van der Waals surface area contributed by atoms with Crippen molar-refractivity contribution in [3.05, 3.63) is 102 Å². The van der Waals surface area contributed by atoms with Crippen molar-refractivity contribution in [3.63, 3.8) is 0 Å². The minimum absolute atomic E-state index is 0.0394. The number of aromatic nitrogens is 4. The molecule has 0 unspecified atom stereocenters. The van der Waals surface area contributed by atoms with Gasteiger partial charge in [0.15, 0.2) is 0 Å². The topological polar surface area (TPSA) is 131 Å². The molecule has 0 aliphatic carbocycles. The highest BCUT2D eigenvalue weighted by Gasteiger charge is 2.21. The van der Waals surface area contributed by atoms with E-state index in [4.69, 9.17) is 39.5 Å². The molecule has 1 N–H and O–H groups in total. The molecule has 224 valence electrons. The van der Waals surface area contributed by atoms with E-state index in [1.54, 1.807) is 55.6 Å². The molecule has 13 heteroatoms. The smallest absolute Gasteiger partial charge is 0.338 e. The molecule has 0 atom stereocenters. The van der Waals surface area contributed by atoms with Crippen molar-refractivity contribution < 1.29 is 14.6 Å². The average molecular weight is 677 g/mol. The molecule has 45 heavy (non-hydrogen) atoms. The number of aromatic carboxylic acids is 1. The van der Waals surface area contributed by atoms with Crippen LogP contribution in [-0.4, -0.2) is 37.2 Å². The third-order valence-electron chi connectivity index (χ3n) is 7.17. The largest absolute Gasteiger partial charge is 0.491 e. The first-order chi connectivity index (χ1) is 21.6. The minimum Gasteiger partial charge on any atom is -0.491 e. The predicted molar refractivity (Wildman–Crippen MR) is 176 cm³/mol. The molecule has 2 aromatic carbocycles. The molecule has 4 aromatic heterocycles. The van der Waals surface area contributed by atoms with Crippen LogP contribution >= 0.6 is 46.1 Å². The summed E-state index contributed by atoms with van der Waals surface area (Å²) in [6.45, 7) is 3.66. The van der Waals surface area contributed by atoms with Crippen LogP contribution in [0.25, 0.3) is 43.5 Å². The van der Waals surface area contributed by atoms with Crippen LogP contribution in [0.4, 0.5) is 0 Å². The molecule has 0 fully saturated rings. The van der Waals surface area contributed by atoms with Crippen molar-refractivity contribution in [3.8, 4) is 34.2 Å². The SMILES string of the molecule is Cc1cc(-c2cc(Cl)ccc2OCCn2c(C)nc3cnc(-c4cc(Cl)ccc4Cl)c(C#N)c3c2=O)c2scc(C(=O)O)c2n1. The van der Waals surface area contributed by atoms with Crippen LogP contribution < -0.4 is 10.3 Å². The second-order valence-corrected chi connectivity index (χ2v) is 12.2. The van der Waals surface area contributed by atoms with Crippen LogP contribution in [0.1, 0.15) is 27.4 Å². The third-order valence-corrected chi connectivity index (χ3v) is 8.97. The molecular formula is C32H20Cl3N5O4S.